The first-order valence-electron chi connectivity index (χ1n) is 11.5. The lowest BCUT2D eigenvalue weighted by Gasteiger charge is -2.46. The van der Waals surface area contributed by atoms with E-state index in [0.717, 1.165) is 0 Å². The second kappa shape index (κ2) is 11.2. The lowest BCUT2D eigenvalue weighted by molar-refractivity contribution is -0.184. The highest BCUT2D eigenvalue weighted by Crippen LogP contribution is 2.44. The van der Waals surface area contributed by atoms with Crippen molar-refractivity contribution in [2.24, 2.45) is 17.3 Å². The van der Waals surface area contributed by atoms with E-state index in [1.165, 1.54) is 0 Å². The number of rotatable bonds is 11. The molecule has 0 saturated heterocycles. The molecular formula is C24H38O10. The zero-order chi connectivity index (χ0) is 26.5. The van der Waals surface area contributed by atoms with Crippen molar-refractivity contribution >= 4 is 29.8 Å². The summed E-state index contributed by atoms with van der Waals surface area (Å²) in [7, 11) is 0. The van der Waals surface area contributed by atoms with Crippen LogP contribution in [0.25, 0.3) is 0 Å². The van der Waals surface area contributed by atoms with Crippen LogP contribution in [0, 0.1) is 17.3 Å². The number of carbonyl (C=O) groups is 5. The molecule has 2 N–H and O–H groups in total. The Bertz CT molecular complexity index is 746. The Kier molecular flexibility index (Phi) is 9.66. The average molecular weight is 487 g/mol. The molecule has 1 saturated carbocycles. The van der Waals surface area contributed by atoms with Gasteiger partial charge in [0, 0.05) is 11.8 Å². The van der Waals surface area contributed by atoms with Gasteiger partial charge in [0.15, 0.2) is 0 Å². The van der Waals surface area contributed by atoms with E-state index >= 15 is 0 Å². The van der Waals surface area contributed by atoms with Gasteiger partial charge in [-0.2, -0.15) is 0 Å². The molecule has 10 heteroatoms. The summed E-state index contributed by atoms with van der Waals surface area (Å²) >= 11 is 0. The van der Waals surface area contributed by atoms with Crippen LogP contribution in [0.2, 0.25) is 0 Å². The van der Waals surface area contributed by atoms with Crippen molar-refractivity contribution in [3.63, 3.8) is 0 Å². The number of carboxylic acids is 2. The van der Waals surface area contributed by atoms with Gasteiger partial charge in [-0.25, -0.2) is 0 Å². The smallest absolute Gasteiger partial charge is 0.317 e. The van der Waals surface area contributed by atoms with E-state index in [1.807, 2.05) is 6.92 Å². The second-order valence-electron chi connectivity index (χ2n) is 10.7. The number of esters is 3. The normalized spacial score (nSPS) is 21.3. The van der Waals surface area contributed by atoms with Gasteiger partial charge in [0.25, 0.3) is 0 Å². The van der Waals surface area contributed by atoms with Crippen LogP contribution in [-0.4, -0.2) is 57.4 Å². The summed E-state index contributed by atoms with van der Waals surface area (Å²) in [6, 6.07) is 0. The molecule has 1 aliphatic rings. The monoisotopic (exact) mass is 486 g/mol. The fourth-order valence-electron chi connectivity index (χ4n) is 4.03. The maximum Gasteiger partial charge on any atom is 0.317 e. The highest BCUT2D eigenvalue weighted by atomic mass is 16.6. The maximum atomic E-state index is 12.8. The first kappa shape index (κ1) is 29.4. The third kappa shape index (κ3) is 8.61. The van der Waals surface area contributed by atoms with E-state index in [2.05, 4.69) is 0 Å². The molecule has 0 aromatic rings. The van der Waals surface area contributed by atoms with Crippen molar-refractivity contribution in [2.45, 2.75) is 104 Å². The largest absolute Gasteiger partial charge is 0.481 e. The van der Waals surface area contributed by atoms with Crippen LogP contribution in [0.1, 0.15) is 87.0 Å². The van der Waals surface area contributed by atoms with Gasteiger partial charge in [0.1, 0.15) is 30.1 Å². The molecule has 1 rings (SSSR count). The zero-order valence-electron chi connectivity index (χ0n) is 21.1. The molecule has 0 aromatic heterocycles. The van der Waals surface area contributed by atoms with Gasteiger partial charge in [-0.1, -0.05) is 6.92 Å². The van der Waals surface area contributed by atoms with Crippen molar-refractivity contribution in [3.8, 4) is 0 Å². The van der Waals surface area contributed by atoms with Crippen LogP contribution in [0.4, 0.5) is 0 Å². The average Bonchev–Trinajstić information content (AvgIpc) is 2.65. The molecule has 34 heavy (non-hydrogen) atoms. The van der Waals surface area contributed by atoms with Crippen molar-refractivity contribution in [1.29, 1.82) is 0 Å². The predicted octanol–water partition coefficient (Wildman–Crippen LogP) is 3.34. The first-order chi connectivity index (χ1) is 15.4. The molecule has 10 nitrogen and oxygen atoms in total. The van der Waals surface area contributed by atoms with Crippen LogP contribution in [-0.2, 0) is 38.2 Å². The number of carbonyl (C=O) groups excluding carboxylic acids is 3. The Morgan fingerprint density at radius 2 is 1.12 bits per heavy atom. The first-order valence-corrected chi connectivity index (χ1v) is 11.5. The quantitative estimate of drug-likeness (QED) is 0.252. The summed E-state index contributed by atoms with van der Waals surface area (Å²) in [6.45, 7) is 12.1. The molecule has 0 aromatic carbocycles. The molecule has 0 bridgehead atoms. The number of carboxylic acid groups (broad SMARTS) is 2. The van der Waals surface area contributed by atoms with Gasteiger partial charge >= 0.3 is 29.8 Å². The van der Waals surface area contributed by atoms with Crippen molar-refractivity contribution in [1.82, 2.24) is 0 Å². The van der Waals surface area contributed by atoms with E-state index in [-0.39, 0.29) is 17.8 Å². The molecule has 194 valence electrons. The minimum absolute atomic E-state index is 0.344. The third-order valence-electron chi connectivity index (χ3n) is 6.69. The fraction of sp³-hybridized carbons (Fsp3) is 0.792. The lowest BCUT2D eigenvalue weighted by Crippen LogP contribution is -2.49. The molecule has 0 spiro atoms. The molecule has 0 aliphatic heterocycles. The summed E-state index contributed by atoms with van der Waals surface area (Å²) in [5.74, 6) is -5.43. The lowest BCUT2D eigenvalue weighted by atomic mass is 9.68. The Hall–Kier alpha value is -2.65. The zero-order valence-corrected chi connectivity index (χ0v) is 21.1. The molecule has 1 aliphatic carbocycles. The molecule has 2 atom stereocenters. The van der Waals surface area contributed by atoms with Crippen LogP contribution >= 0.6 is 0 Å². The van der Waals surface area contributed by atoms with Gasteiger partial charge in [-0.05, 0) is 67.2 Å². The fourth-order valence-corrected chi connectivity index (χ4v) is 4.03. The van der Waals surface area contributed by atoms with Gasteiger partial charge in [-0.15, -0.1) is 0 Å². The minimum atomic E-state index is -1.30. The Balaban J connectivity index is 3.17. The minimum Gasteiger partial charge on any atom is -0.481 e. The highest BCUT2D eigenvalue weighted by molar-refractivity contribution is 5.90. The van der Waals surface area contributed by atoms with Crippen LogP contribution < -0.4 is 0 Å². The van der Waals surface area contributed by atoms with E-state index in [9.17, 15) is 24.0 Å². The second-order valence-corrected chi connectivity index (χ2v) is 10.7. The van der Waals surface area contributed by atoms with Crippen molar-refractivity contribution in [3.05, 3.63) is 0 Å². The molecule has 0 heterocycles. The van der Waals surface area contributed by atoms with Gasteiger partial charge in [-0.3, -0.25) is 24.0 Å². The number of hydrogen-bond donors (Lipinski definition) is 2. The number of aliphatic carboxylic acids is 2. The van der Waals surface area contributed by atoms with E-state index in [1.54, 1.807) is 41.5 Å². The Morgan fingerprint density at radius 3 is 1.44 bits per heavy atom. The van der Waals surface area contributed by atoms with Gasteiger partial charge in [0.05, 0.1) is 5.41 Å². The molecule has 0 amide bonds. The van der Waals surface area contributed by atoms with Crippen LogP contribution in [0.5, 0.6) is 0 Å². The molecule has 0 radical (unpaired) electrons. The van der Waals surface area contributed by atoms with Gasteiger partial charge < -0.3 is 24.4 Å². The SMILES string of the molecule is CCC(C)(C)C(=O)OC1CC(C(C)(C)OC(=O)CC(=O)O)CC(C(C)(C)OC(=O)CC(=O)O)C1. The Morgan fingerprint density at radius 1 is 0.735 bits per heavy atom. The van der Waals surface area contributed by atoms with E-state index < -0.39 is 59.4 Å². The topological polar surface area (TPSA) is 154 Å². The number of hydrogen-bond acceptors (Lipinski definition) is 8. The maximum absolute atomic E-state index is 12.8. The predicted molar refractivity (Wildman–Crippen MR) is 120 cm³/mol. The highest BCUT2D eigenvalue weighted by Gasteiger charge is 2.47. The standard InChI is InChI=1S/C24H38O10/c1-8-22(2,3)21(31)32-16-10-14(23(4,5)33-19(29)12-17(25)26)9-15(11-16)24(6,7)34-20(30)13-18(27)28/h14-16H,8-13H2,1-7H3,(H,25,26)(H,27,28). The Labute approximate surface area is 200 Å². The third-order valence-corrected chi connectivity index (χ3v) is 6.69. The van der Waals surface area contributed by atoms with Crippen molar-refractivity contribution < 1.29 is 48.4 Å². The summed E-state index contributed by atoms with van der Waals surface area (Å²) in [6.07, 6.45) is -0.379. The van der Waals surface area contributed by atoms with Crippen LogP contribution in [0.3, 0.4) is 0 Å². The number of ether oxygens (including phenoxy) is 3. The molecular weight excluding hydrogens is 448 g/mol. The summed E-state index contributed by atoms with van der Waals surface area (Å²) in [4.78, 5) is 58.6. The molecule has 2 unspecified atom stereocenters. The summed E-state index contributed by atoms with van der Waals surface area (Å²) in [5.41, 5.74) is -2.87. The van der Waals surface area contributed by atoms with E-state index in [0.29, 0.717) is 25.7 Å². The molecule has 1 fully saturated rings. The van der Waals surface area contributed by atoms with Crippen molar-refractivity contribution in [2.75, 3.05) is 0 Å². The van der Waals surface area contributed by atoms with Crippen LogP contribution in [0.15, 0.2) is 0 Å². The summed E-state index contributed by atoms with van der Waals surface area (Å²) in [5, 5.41) is 17.8. The van der Waals surface area contributed by atoms with E-state index in [4.69, 9.17) is 24.4 Å². The van der Waals surface area contributed by atoms with Gasteiger partial charge in [0.2, 0.25) is 0 Å². The summed E-state index contributed by atoms with van der Waals surface area (Å²) < 4.78 is 16.8.